The van der Waals surface area contributed by atoms with Crippen LogP contribution < -0.4 is 9.96 Å². The van der Waals surface area contributed by atoms with Gasteiger partial charge in [0.05, 0.1) is 29.3 Å². The number of hydrogen-bond acceptors (Lipinski definition) is 9. The molecule has 3 aromatic rings. The number of thiophene rings is 1. The van der Waals surface area contributed by atoms with Gasteiger partial charge >= 0.3 is 5.97 Å². The first kappa shape index (κ1) is 23.6. The standard InChI is InChI=1S/C25H21N3O7S/c1-13-14(2)36-24(18(13)25(31)34-3)26-22(29)19-20(15-9-11-17(12-10-15)28(32)33)27(35-21(19)23(26)30)16-7-5-4-6-8-16/h4-12,19-21H,1-3H3/t19-,20-,21+/m1/s1. The molecular weight excluding hydrogens is 486 g/mol. The quantitative estimate of drug-likeness (QED) is 0.219. The molecule has 0 radical (unpaired) electrons. The summed E-state index contributed by atoms with van der Waals surface area (Å²) in [6.45, 7) is 3.54. The molecule has 2 aliphatic rings. The fourth-order valence-electron chi connectivity index (χ4n) is 4.65. The lowest BCUT2D eigenvalue weighted by Crippen LogP contribution is -2.37. The van der Waals surface area contributed by atoms with Crippen molar-refractivity contribution in [1.82, 2.24) is 0 Å². The highest BCUT2D eigenvalue weighted by Crippen LogP contribution is 2.49. The predicted molar refractivity (Wildman–Crippen MR) is 131 cm³/mol. The van der Waals surface area contributed by atoms with Crippen molar-refractivity contribution in [3.05, 3.63) is 86.3 Å². The maximum absolute atomic E-state index is 13.9. The van der Waals surface area contributed by atoms with E-state index >= 15 is 0 Å². The summed E-state index contributed by atoms with van der Waals surface area (Å²) in [4.78, 5) is 58.5. The van der Waals surface area contributed by atoms with Crippen LogP contribution >= 0.6 is 11.3 Å². The van der Waals surface area contributed by atoms with Crippen molar-refractivity contribution in [3.63, 3.8) is 0 Å². The Bertz CT molecular complexity index is 1390. The van der Waals surface area contributed by atoms with E-state index < -0.39 is 40.8 Å². The maximum Gasteiger partial charge on any atom is 0.341 e. The molecule has 2 amide bonds. The van der Waals surface area contributed by atoms with Gasteiger partial charge in [0, 0.05) is 17.0 Å². The predicted octanol–water partition coefficient (Wildman–Crippen LogP) is 4.11. The highest BCUT2D eigenvalue weighted by atomic mass is 32.1. The molecule has 36 heavy (non-hydrogen) atoms. The molecule has 184 valence electrons. The van der Waals surface area contributed by atoms with Gasteiger partial charge in [0.15, 0.2) is 6.10 Å². The van der Waals surface area contributed by atoms with E-state index in [0.717, 1.165) is 9.78 Å². The second-order valence-corrected chi connectivity index (χ2v) is 9.68. The lowest BCUT2D eigenvalue weighted by Gasteiger charge is -2.28. The number of carbonyl (C=O) groups excluding carboxylic acids is 3. The summed E-state index contributed by atoms with van der Waals surface area (Å²) in [6, 6.07) is 14.1. The Hall–Kier alpha value is -4.09. The largest absolute Gasteiger partial charge is 0.465 e. The minimum absolute atomic E-state index is 0.0943. The highest BCUT2D eigenvalue weighted by molar-refractivity contribution is 7.17. The van der Waals surface area contributed by atoms with E-state index in [9.17, 15) is 24.5 Å². The number of nitro benzene ring substituents is 1. The van der Waals surface area contributed by atoms with Gasteiger partial charge in [-0.3, -0.25) is 24.5 Å². The number of carbonyl (C=O) groups is 3. The number of hydroxylamine groups is 1. The number of fused-ring (bicyclic) bond motifs is 1. The molecule has 2 aliphatic heterocycles. The van der Waals surface area contributed by atoms with Crippen molar-refractivity contribution < 1.29 is 28.9 Å². The van der Waals surface area contributed by atoms with Crippen LogP contribution in [0.25, 0.3) is 0 Å². The van der Waals surface area contributed by atoms with E-state index in [2.05, 4.69) is 0 Å². The van der Waals surface area contributed by atoms with Crippen LogP contribution in [0.4, 0.5) is 16.4 Å². The molecule has 2 aromatic carbocycles. The zero-order valence-electron chi connectivity index (χ0n) is 19.5. The van der Waals surface area contributed by atoms with Crippen LogP contribution in [0.2, 0.25) is 0 Å². The number of amides is 2. The molecule has 2 fully saturated rings. The summed E-state index contributed by atoms with van der Waals surface area (Å²) in [5.74, 6) is -2.67. The van der Waals surface area contributed by atoms with E-state index in [1.54, 1.807) is 50.2 Å². The van der Waals surface area contributed by atoms with Crippen molar-refractivity contribution in [3.8, 4) is 0 Å². The SMILES string of the molecule is COC(=O)c1c(N2C(=O)[C@H]3[C@H](ON(c4ccccc4)[C@@H]3c3ccc([N+](=O)[O-])cc3)C2=O)sc(C)c1C. The Labute approximate surface area is 209 Å². The molecule has 0 bridgehead atoms. The number of methoxy groups -OCH3 is 1. The summed E-state index contributed by atoms with van der Waals surface area (Å²) < 4.78 is 4.91. The van der Waals surface area contributed by atoms with E-state index in [0.29, 0.717) is 16.8 Å². The van der Waals surface area contributed by atoms with Crippen LogP contribution in [-0.4, -0.2) is 35.9 Å². The van der Waals surface area contributed by atoms with E-state index in [1.807, 2.05) is 6.07 Å². The van der Waals surface area contributed by atoms with Gasteiger partial charge in [-0.25, -0.2) is 14.8 Å². The molecule has 1 aromatic heterocycles. The number of esters is 1. The molecule has 0 unspecified atom stereocenters. The zero-order valence-corrected chi connectivity index (χ0v) is 20.4. The van der Waals surface area contributed by atoms with Gasteiger partial charge < -0.3 is 4.74 Å². The number of nitro groups is 1. The number of non-ortho nitro benzene ring substituents is 1. The minimum Gasteiger partial charge on any atom is -0.465 e. The monoisotopic (exact) mass is 507 g/mol. The number of para-hydroxylation sites is 1. The number of nitrogens with zero attached hydrogens (tertiary/aromatic N) is 3. The minimum atomic E-state index is -1.13. The molecule has 5 rings (SSSR count). The zero-order chi connectivity index (χ0) is 25.7. The Kier molecular flexibility index (Phi) is 5.81. The summed E-state index contributed by atoms with van der Waals surface area (Å²) in [7, 11) is 1.24. The third kappa shape index (κ3) is 3.55. The topological polar surface area (TPSA) is 119 Å². The second-order valence-electron chi connectivity index (χ2n) is 8.47. The Morgan fingerprint density at radius 3 is 2.33 bits per heavy atom. The first-order chi connectivity index (χ1) is 17.2. The fourth-order valence-corrected chi connectivity index (χ4v) is 5.81. The number of rotatable bonds is 5. The third-order valence-corrected chi connectivity index (χ3v) is 7.72. The smallest absolute Gasteiger partial charge is 0.341 e. The van der Waals surface area contributed by atoms with Crippen LogP contribution in [0.5, 0.6) is 0 Å². The summed E-state index contributed by atoms with van der Waals surface area (Å²) in [5.41, 5.74) is 1.92. The first-order valence-electron chi connectivity index (χ1n) is 11.1. The van der Waals surface area contributed by atoms with Gasteiger partial charge in [0.2, 0.25) is 5.91 Å². The number of anilines is 2. The van der Waals surface area contributed by atoms with Crippen molar-refractivity contribution in [1.29, 1.82) is 0 Å². The normalized spacial score (nSPS) is 21.1. The van der Waals surface area contributed by atoms with Crippen molar-refractivity contribution in [2.24, 2.45) is 5.92 Å². The molecule has 10 nitrogen and oxygen atoms in total. The van der Waals surface area contributed by atoms with E-state index in [1.165, 1.54) is 35.6 Å². The lowest BCUT2D eigenvalue weighted by atomic mass is 9.90. The Morgan fingerprint density at radius 2 is 1.72 bits per heavy atom. The number of imide groups is 1. The number of ether oxygens (including phenoxy) is 1. The maximum atomic E-state index is 13.9. The van der Waals surface area contributed by atoms with Crippen LogP contribution in [0.15, 0.2) is 54.6 Å². The van der Waals surface area contributed by atoms with Crippen molar-refractivity contribution in [2.45, 2.75) is 26.0 Å². The molecule has 0 N–H and O–H groups in total. The Morgan fingerprint density at radius 1 is 1.06 bits per heavy atom. The van der Waals surface area contributed by atoms with Gasteiger partial charge in [-0.2, -0.15) is 0 Å². The number of benzene rings is 2. The van der Waals surface area contributed by atoms with Crippen LogP contribution in [0, 0.1) is 29.9 Å². The van der Waals surface area contributed by atoms with E-state index in [4.69, 9.17) is 9.57 Å². The number of aryl methyl sites for hydroxylation is 1. The average Bonchev–Trinajstić information content (AvgIpc) is 3.49. The summed E-state index contributed by atoms with van der Waals surface area (Å²) >= 11 is 1.17. The summed E-state index contributed by atoms with van der Waals surface area (Å²) in [6.07, 6.45) is -1.13. The van der Waals surface area contributed by atoms with Gasteiger partial charge in [0.1, 0.15) is 10.9 Å². The van der Waals surface area contributed by atoms with Gasteiger partial charge in [-0.15, -0.1) is 11.3 Å². The molecule has 3 heterocycles. The van der Waals surface area contributed by atoms with Crippen molar-refractivity contribution >= 4 is 45.5 Å². The second kappa shape index (κ2) is 8.85. The van der Waals surface area contributed by atoms with Crippen LogP contribution in [0.1, 0.15) is 32.4 Å². The molecular formula is C25H21N3O7S. The average molecular weight is 508 g/mol. The molecule has 3 atom stereocenters. The van der Waals surface area contributed by atoms with Crippen molar-refractivity contribution in [2.75, 3.05) is 17.1 Å². The molecule has 0 aliphatic carbocycles. The lowest BCUT2D eigenvalue weighted by molar-refractivity contribution is -0.384. The van der Waals surface area contributed by atoms with Crippen LogP contribution in [-0.2, 0) is 19.2 Å². The third-order valence-electron chi connectivity index (χ3n) is 6.53. The van der Waals surface area contributed by atoms with E-state index in [-0.39, 0.29) is 16.3 Å². The molecule has 0 saturated carbocycles. The van der Waals surface area contributed by atoms with Gasteiger partial charge in [0.25, 0.3) is 11.6 Å². The fraction of sp³-hybridized carbons (Fsp3) is 0.240. The Balaban J connectivity index is 1.60. The molecule has 2 saturated heterocycles. The van der Waals surface area contributed by atoms with Gasteiger partial charge in [-0.05, 0) is 37.1 Å². The highest BCUT2D eigenvalue weighted by Gasteiger charge is 2.61. The van der Waals surface area contributed by atoms with Gasteiger partial charge in [-0.1, -0.05) is 30.3 Å². The summed E-state index contributed by atoms with van der Waals surface area (Å²) in [5, 5.41) is 12.9. The first-order valence-corrected chi connectivity index (χ1v) is 11.9. The van der Waals surface area contributed by atoms with Crippen LogP contribution in [0.3, 0.4) is 0 Å². The number of hydrogen-bond donors (Lipinski definition) is 0. The molecule has 11 heteroatoms. The molecule has 0 spiro atoms.